The Morgan fingerprint density at radius 3 is 2.44 bits per heavy atom. The van der Waals surface area contributed by atoms with Gasteiger partial charge in [0.15, 0.2) is 0 Å². The average molecular weight is 348 g/mol. The second-order valence-corrected chi connectivity index (χ2v) is 7.92. The van der Waals surface area contributed by atoms with Gasteiger partial charge in [-0.2, -0.15) is 0 Å². The number of nitrogens with zero attached hydrogens (tertiary/aromatic N) is 1. The predicted octanol–water partition coefficient (Wildman–Crippen LogP) is 4.45. The SMILES string of the molecule is COc1ccc(NC(C)C2CCN(C(=O)OC(C)(C)C)CC2)c(C)c1. The van der Waals surface area contributed by atoms with Gasteiger partial charge in [0.05, 0.1) is 7.11 Å². The molecule has 2 rings (SSSR count). The summed E-state index contributed by atoms with van der Waals surface area (Å²) in [6.07, 6.45) is 1.78. The Balaban J connectivity index is 1.87. The average Bonchev–Trinajstić information content (AvgIpc) is 2.55. The van der Waals surface area contributed by atoms with Crippen LogP contribution in [0.2, 0.25) is 0 Å². The fourth-order valence-corrected chi connectivity index (χ4v) is 3.20. The van der Waals surface area contributed by atoms with Crippen molar-refractivity contribution < 1.29 is 14.3 Å². The molecule has 0 aliphatic carbocycles. The topological polar surface area (TPSA) is 50.8 Å². The van der Waals surface area contributed by atoms with E-state index in [0.29, 0.717) is 12.0 Å². The number of amides is 1. The normalized spacial score (nSPS) is 17.1. The Bertz CT molecular complexity index is 587. The van der Waals surface area contributed by atoms with Gasteiger partial charge in [-0.15, -0.1) is 0 Å². The number of hydrogen-bond acceptors (Lipinski definition) is 4. The molecule has 1 aromatic carbocycles. The van der Waals surface area contributed by atoms with E-state index in [9.17, 15) is 4.79 Å². The fourth-order valence-electron chi connectivity index (χ4n) is 3.20. The summed E-state index contributed by atoms with van der Waals surface area (Å²) in [6, 6.07) is 6.45. The molecule has 0 radical (unpaired) electrons. The van der Waals surface area contributed by atoms with Crippen molar-refractivity contribution in [3.05, 3.63) is 23.8 Å². The van der Waals surface area contributed by atoms with Gasteiger partial charge in [-0.1, -0.05) is 0 Å². The highest BCUT2D eigenvalue weighted by Crippen LogP contribution is 2.27. The van der Waals surface area contributed by atoms with E-state index in [1.165, 1.54) is 5.56 Å². The molecule has 140 valence electrons. The van der Waals surface area contributed by atoms with Gasteiger partial charge in [0.1, 0.15) is 11.4 Å². The number of piperidine rings is 1. The summed E-state index contributed by atoms with van der Waals surface area (Å²) < 4.78 is 10.7. The Labute approximate surface area is 151 Å². The zero-order valence-electron chi connectivity index (χ0n) is 16.4. The van der Waals surface area contributed by atoms with Gasteiger partial charge in [0.2, 0.25) is 0 Å². The van der Waals surface area contributed by atoms with Crippen molar-refractivity contribution in [2.75, 3.05) is 25.5 Å². The van der Waals surface area contributed by atoms with Gasteiger partial charge >= 0.3 is 6.09 Å². The molecule has 1 aliphatic heterocycles. The van der Waals surface area contributed by atoms with E-state index in [2.05, 4.69) is 25.2 Å². The summed E-state index contributed by atoms with van der Waals surface area (Å²) in [5.41, 5.74) is 1.88. The van der Waals surface area contributed by atoms with Crippen molar-refractivity contribution in [2.45, 2.75) is 59.1 Å². The van der Waals surface area contributed by atoms with Crippen molar-refractivity contribution in [1.29, 1.82) is 0 Å². The molecule has 1 fully saturated rings. The minimum absolute atomic E-state index is 0.197. The van der Waals surface area contributed by atoms with E-state index in [1.807, 2.05) is 37.8 Å². The number of benzene rings is 1. The zero-order valence-corrected chi connectivity index (χ0v) is 16.4. The standard InChI is InChI=1S/C20H32N2O3/c1-14-13-17(24-6)7-8-18(14)21-15(2)16-9-11-22(12-10-16)19(23)25-20(3,4)5/h7-8,13,15-16,21H,9-12H2,1-6H3. The summed E-state index contributed by atoms with van der Waals surface area (Å²) in [7, 11) is 1.68. The molecule has 25 heavy (non-hydrogen) atoms. The van der Waals surface area contributed by atoms with Crippen molar-refractivity contribution in [1.82, 2.24) is 4.90 Å². The number of anilines is 1. The monoisotopic (exact) mass is 348 g/mol. The zero-order chi connectivity index (χ0) is 18.6. The quantitative estimate of drug-likeness (QED) is 0.873. The van der Waals surface area contributed by atoms with Gasteiger partial charge in [-0.25, -0.2) is 4.79 Å². The number of nitrogens with one attached hydrogen (secondary N) is 1. The minimum atomic E-state index is -0.436. The van der Waals surface area contributed by atoms with E-state index in [4.69, 9.17) is 9.47 Å². The van der Waals surface area contributed by atoms with E-state index < -0.39 is 5.60 Å². The van der Waals surface area contributed by atoms with Gasteiger partial charge in [-0.05, 0) is 77.1 Å². The van der Waals surface area contributed by atoms with Crippen LogP contribution >= 0.6 is 0 Å². The smallest absolute Gasteiger partial charge is 0.410 e. The molecule has 1 saturated heterocycles. The number of aryl methyl sites for hydroxylation is 1. The van der Waals surface area contributed by atoms with Crippen molar-refractivity contribution >= 4 is 11.8 Å². The lowest BCUT2D eigenvalue weighted by atomic mass is 9.90. The molecular formula is C20H32N2O3. The van der Waals surface area contributed by atoms with E-state index in [-0.39, 0.29) is 6.09 Å². The first kappa shape index (κ1) is 19.4. The van der Waals surface area contributed by atoms with Crippen LogP contribution in [0.25, 0.3) is 0 Å². The number of carbonyl (C=O) groups is 1. The second-order valence-electron chi connectivity index (χ2n) is 7.92. The Hall–Kier alpha value is -1.91. The number of methoxy groups -OCH3 is 1. The fraction of sp³-hybridized carbons (Fsp3) is 0.650. The van der Waals surface area contributed by atoms with Crippen molar-refractivity contribution in [3.63, 3.8) is 0 Å². The molecule has 1 unspecified atom stereocenters. The molecule has 1 aliphatic rings. The third-order valence-electron chi connectivity index (χ3n) is 4.72. The molecule has 0 aromatic heterocycles. The number of carbonyl (C=O) groups excluding carboxylic acids is 1. The first-order valence-corrected chi connectivity index (χ1v) is 9.08. The first-order chi connectivity index (χ1) is 11.7. The third kappa shape index (κ3) is 5.55. The molecule has 1 N–H and O–H groups in total. The second kappa shape index (κ2) is 7.98. The number of ether oxygens (including phenoxy) is 2. The summed E-state index contributed by atoms with van der Waals surface area (Å²) in [4.78, 5) is 14.0. The Morgan fingerprint density at radius 1 is 1.28 bits per heavy atom. The van der Waals surface area contributed by atoms with Crippen molar-refractivity contribution in [2.24, 2.45) is 5.92 Å². The van der Waals surface area contributed by atoms with Crippen LogP contribution in [-0.2, 0) is 4.74 Å². The molecule has 1 amide bonds. The van der Waals surface area contributed by atoms with Crippen LogP contribution in [0.4, 0.5) is 10.5 Å². The molecule has 5 nitrogen and oxygen atoms in total. The predicted molar refractivity (Wildman–Crippen MR) is 101 cm³/mol. The highest BCUT2D eigenvalue weighted by molar-refractivity contribution is 5.68. The molecule has 1 atom stereocenters. The first-order valence-electron chi connectivity index (χ1n) is 9.08. The van der Waals surface area contributed by atoms with Gasteiger partial charge in [0, 0.05) is 24.8 Å². The summed E-state index contributed by atoms with van der Waals surface area (Å²) in [5.74, 6) is 1.42. The van der Waals surface area contributed by atoms with Crippen LogP contribution < -0.4 is 10.1 Å². The highest BCUT2D eigenvalue weighted by atomic mass is 16.6. The molecule has 0 spiro atoms. The van der Waals surface area contributed by atoms with Crippen LogP contribution in [0.1, 0.15) is 46.1 Å². The number of rotatable bonds is 4. The molecule has 0 bridgehead atoms. The van der Waals surface area contributed by atoms with Gasteiger partial charge < -0.3 is 19.7 Å². The van der Waals surface area contributed by atoms with Gasteiger partial charge in [0.25, 0.3) is 0 Å². The lowest BCUT2D eigenvalue weighted by Crippen LogP contribution is -2.44. The Morgan fingerprint density at radius 2 is 1.92 bits per heavy atom. The summed E-state index contributed by atoms with van der Waals surface area (Å²) in [5, 5.41) is 3.62. The molecule has 0 saturated carbocycles. The maximum absolute atomic E-state index is 12.2. The summed E-state index contributed by atoms with van der Waals surface area (Å²) in [6.45, 7) is 11.5. The molecular weight excluding hydrogens is 316 g/mol. The van der Waals surface area contributed by atoms with Crippen LogP contribution in [0, 0.1) is 12.8 Å². The molecule has 1 aromatic rings. The maximum Gasteiger partial charge on any atom is 0.410 e. The molecule has 5 heteroatoms. The van der Waals surface area contributed by atoms with Crippen LogP contribution in [0.5, 0.6) is 5.75 Å². The third-order valence-corrected chi connectivity index (χ3v) is 4.72. The number of hydrogen-bond donors (Lipinski definition) is 1. The van der Waals surface area contributed by atoms with Crippen LogP contribution in [0.3, 0.4) is 0 Å². The van der Waals surface area contributed by atoms with E-state index in [0.717, 1.165) is 37.4 Å². The number of likely N-dealkylation sites (tertiary alicyclic amines) is 1. The van der Waals surface area contributed by atoms with Gasteiger partial charge in [-0.3, -0.25) is 0 Å². The maximum atomic E-state index is 12.2. The Kier molecular flexibility index (Phi) is 6.20. The highest BCUT2D eigenvalue weighted by Gasteiger charge is 2.29. The lowest BCUT2D eigenvalue weighted by molar-refractivity contribution is 0.0179. The van der Waals surface area contributed by atoms with Crippen molar-refractivity contribution in [3.8, 4) is 5.75 Å². The largest absolute Gasteiger partial charge is 0.497 e. The molecule has 1 heterocycles. The van der Waals surface area contributed by atoms with E-state index >= 15 is 0 Å². The lowest BCUT2D eigenvalue weighted by Gasteiger charge is -2.36. The minimum Gasteiger partial charge on any atom is -0.497 e. The van der Waals surface area contributed by atoms with Crippen LogP contribution in [-0.4, -0.2) is 42.8 Å². The summed E-state index contributed by atoms with van der Waals surface area (Å²) >= 11 is 0. The van der Waals surface area contributed by atoms with Crippen LogP contribution in [0.15, 0.2) is 18.2 Å². The van der Waals surface area contributed by atoms with E-state index in [1.54, 1.807) is 7.11 Å².